The number of hydrogen-bond acceptors (Lipinski definition) is 1. The Morgan fingerprint density at radius 2 is 1.81 bits per heavy atom. The third-order valence-corrected chi connectivity index (χ3v) is 4.05. The standard InChI is InChI=1S/C17H18BrF2N/c1-3-17(13-5-4-6-14(18)9-13)21-11(2)12-7-8-15(19)16(20)10-12/h4-11,17,21H,3H2,1-2H3. The lowest BCUT2D eigenvalue weighted by Gasteiger charge is -2.23. The van der Waals surface area contributed by atoms with Gasteiger partial charge >= 0.3 is 0 Å². The molecule has 21 heavy (non-hydrogen) atoms. The Labute approximate surface area is 132 Å². The van der Waals surface area contributed by atoms with Crippen LogP contribution in [0.15, 0.2) is 46.9 Å². The zero-order valence-electron chi connectivity index (χ0n) is 12.0. The molecule has 112 valence electrons. The van der Waals surface area contributed by atoms with E-state index in [1.165, 1.54) is 17.7 Å². The second-order valence-electron chi connectivity index (χ2n) is 5.08. The highest BCUT2D eigenvalue weighted by Crippen LogP contribution is 2.25. The van der Waals surface area contributed by atoms with Crippen molar-refractivity contribution in [3.63, 3.8) is 0 Å². The molecule has 0 saturated carbocycles. The first-order valence-electron chi connectivity index (χ1n) is 6.97. The van der Waals surface area contributed by atoms with Gasteiger partial charge < -0.3 is 5.32 Å². The molecule has 4 heteroatoms. The zero-order chi connectivity index (χ0) is 15.4. The Hall–Kier alpha value is -1.26. The monoisotopic (exact) mass is 353 g/mol. The maximum Gasteiger partial charge on any atom is 0.159 e. The van der Waals surface area contributed by atoms with Gasteiger partial charge in [-0.1, -0.05) is 41.1 Å². The van der Waals surface area contributed by atoms with Gasteiger partial charge in [-0.2, -0.15) is 0 Å². The van der Waals surface area contributed by atoms with Gasteiger partial charge in [-0.05, 0) is 48.7 Å². The third-order valence-electron chi connectivity index (χ3n) is 3.55. The zero-order valence-corrected chi connectivity index (χ0v) is 13.6. The summed E-state index contributed by atoms with van der Waals surface area (Å²) in [6, 6.07) is 12.2. The number of halogens is 3. The Kier molecular flexibility index (Phi) is 5.48. The molecule has 0 aromatic heterocycles. The first kappa shape index (κ1) is 16.1. The number of rotatable bonds is 5. The average Bonchev–Trinajstić information content (AvgIpc) is 2.47. The van der Waals surface area contributed by atoms with Gasteiger partial charge in [0.1, 0.15) is 0 Å². The van der Waals surface area contributed by atoms with E-state index in [2.05, 4.69) is 40.3 Å². The van der Waals surface area contributed by atoms with E-state index in [1.54, 1.807) is 6.07 Å². The van der Waals surface area contributed by atoms with Crippen LogP contribution >= 0.6 is 15.9 Å². The molecule has 1 N–H and O–H groups in total. The Balaban J connectivity index is 2.16. The number of nitrogens with one attached hydrogen (secondary N) is 1. The second-order valence-corrected chi connectivity index (χ2v) is 5.99. The largest absolute Gasteiger partial charge is 0.303 e. The van der Waals surface area contributed by atoms with Crippen LogP contribution in [-0.2, 0) is 0 Å². The molecule has 1 nitrogen and oxygen atoms in total. The first-order valence-corrected chi connectivity index (χ1v) is 7.77. The van der Waals surface area contributed by atoms with Crippen LogP contribution in [0.25, 0.3) is 0 Å². The smallest absolute Gasteiger partial charge is 0.159 e. The molecule has 2 unspecified atom stereocenters. The molecule has 2 rings (SSSR count). The lowest BCUT2D eigenvalue weighted by atomic mass is 10.0. The highest BCUT2D eigenvalue weighted by Gasteiger charge is 2.15. The summed E-state index contributed by atoms with van der Waals surface area (Å²) >= 11 is 3.47. The van der Waals surface area contributed by atoms with Crippen molar-refractivity contribution in [2.24, 2.45) is 0 Å². The van der Waals surface area contributed by atoms with E-state index in [4.69, 9.17) is 0 Å². The van der Waals surface area contributed by atoms with Crippen LogP contribution in [0.3, 0.4) is 0 Å². The summed E-state index contributed by atoms with van der Waals surface area (Å²) in [4.78, 5) is 0. The first-order chi connectivity index (χ1) is 10.0. The van der Waals surface area contributed by atoms with Crippen molar-refractivity contribution < 1.29 is 8.78 Å². The Bertz CT molecular complexity index is 615. The van der Waals surface area contributed by atoms with Gasteiger partial charge in [0.2, 0.25) is 0 Å². The summed E-state index contributed by atoms with van der Waals surface area (Å²) in [5.74, 6) is -1.62. The van der Waals surface area contributed by atoms with Gasteiger partial charge in [0, 0.05) is 16.6 Å². The summed E-state index contributed by atoms with van der Waals surface area (Å²) in [5, 5.41) is 3.46. The predicted molar refractivity (Wildman–Crippen MR) is 85.1 cm³/mol. The number of hydrogen-bond donors (Lipinski definition) is 1. The van der Waals surface area contributed by atoms with E-state index in [1.807, 2.05) is 19.1 Å². The van der Waals surface area contributed by atoms with Gasteiger partial charge in [-0.25, -0.2) is 8.78 Å². The molecular formula is C17H18BrF2N. The fraction of sp³-hybridized carbons (Fsp3) is 0.294. The van der Waals surface area contributed by atoms with Crippen LogP contribution < -0.4 is 5.32 Å². The molecule has 0 saturated heterocycles. The normalized spacial score (nSPS) is 14.0. The molecule has 0 aliphatic rings. The van der Waals surface area contributed by atoms with E-state index in [9.17, 15) is 8.78 Å². The van der Waals surface area contributed by atoms with Gasteiger partial charge in [0.15, 0.2) is 11.6 Å². The maximum absolute atomic E-state index is 13.3. The molecule has 2 aromatic rings. The molecule has 0 fully saturated rings. The van der Waals surface area contributed by atoms with Gasteiger partial charge in [-0.3, -0.25) is 0 Å². The van der Waals surface area contributed by atoms with Crippen molar-refractivity contribution in [1.29, 1.82) is 0 Å². The summed E-state index contributed by atoms with van der Waals surface area (Å²) in [7, 11) is 0. The van der Waals surface area contributed by atoms with E-state index in [0.29, 0.717) is 0 Å². The quantitative estimate of drug-likeness (QED) is 0.745. The minimum atomic E-state index is -0.815. The van der Waals surface area contributed by atoms with Crippen molar-refractivity contribution in [3.05, 3.63) is 69.7 Å². The Morgan fingerprint density at radius 1 is 1.05 bits per heavy atom. The van der Waals surface area contributed by atoms with Crippen molar-refractivity contribution in [3.8, 4) is 0 Å². The van der Waals surface area contributed by atoms with Crippen LogP contribution in [0, 0.1) is 11.6 Å². The average molecular weight is 354 g/mol. The lowest BCUT2D eigenvalue weighted by molar-refractivity contribution is 0.451. The van der Waals surface area contributed by atoms with Crippen LogP contribution in [-0.4, -0.2) is 0 Å². The van der Waals surface area contributed by atoms with Crippen LogP contribution in [0.2, 0.25) is 0 Å². The summed E-state index contributed by atoms with van der Waals surface area (Å²) in [6.07, 6.45) is 0.907. The molecule has 0 radical (unpaired) electrons. The van der Waals surface area contributed by atoms with E-state index in [0.717, 1.165) is 16.5 Å². The number of benzene rings is 2. The summed E-state index contributed by atoms with van der Waals surface area (Å²) in [5.41, 5.74) is 1.91. The van der Waals surface area contributed by atoms with Crippen molar-refractivity contribution in [2.75, 3.05) is 0 Å². The molecule has 0 spiro atoms. The summed E-state index contributed by atoms with van der Waals surface area (Å²) in [6.45, 7) is 4.05. The van der Waals surface area contributed by atoms with Crippen molar-refractivity contribution in [1.82, 2.24) is 5.32 Å². The minimum absolute atomic E-state index is 0.0657. The topological polar surface area (TPSA) is 12.0 Å². The molecular weight excluding hydrogens is 336 g/mol. The van der Waals surface area contributed by atoms with Crippen molar-refractivity contribution >= 4 is 15.9 Å². The van der Waals surface area contributed by atoms with Gasteiger partial charge in [0.25, 0.3) is 0 Å². The highest BCUT2D eigenvalue weighted by atomic mass is 79.9. The predicted octanol–water partition coefficient (Wildman–Crippen LogP) is 5.53. The fourth-order valence-electron chi connectivity index (χ4n) is 2.35. The van der Waals surface area contributed by atoms with Crippen molar-refractivity contribution in [2.45, 2.75) is 32.4 Å². The van der Waals surface area contributed by atoms with E-state index in [-0.39, 0.29) is 12.1 Å². The van der Waals surface area contributed by atoms with E-state index < -0.39 is 11.6 Å². The van der Waals surface area contributed by atoms with Gasteiger partial charge in [0.05, 0.1) is 0 Å². The molecule has 0 aliphatic carbocycles. The molecule has 2 aromatic carbocycles. The fourth-order valence-corrected chi connectivity index (χ4v) is 2.77. The van der Waals surface area contributed by atoms with E-state index >= 15 is 0 Å². The SMILES string of the molecule is CCC(NC(C)c1ccc(F)c(F)c1)c1cccc(Br)c1. The third kappa shape index (κ3) is 4.11. The van der Waals surface area contributed by atoms with Gasteiger partial charge in [-0.15, -0.1) is 0 Å². The maximum atomic E-state index is 13.3. The summed E-state index contributed by atoms with van der Waals surface area (Å²) < 4.78 is 27.4. The molecule has 0 heterocycles. The minimum Gasteiger partial charge on any atom is -0.303 e. The van der Waals surface area contributed by atoms with Crippen LogP contribution in [0.4, 0.5) is 8.78 Å². The molecule has 0 aliphatic heterocycles. The second kappa shape index (κ2) is 7.14. The molecule has 2 atom stereocenters. The lowest BCUT2D eigenvalue weighted by Crippen LogP contribution is -2.24. The van der Waals surface area contributed by atoms with Crippen LogP contribution in [0.1, 0.15) is 43.5 Å². The Morgan fingerprint density at radius 3 is 2.43 bits per heavy atom. The molecule has 0 amide bonds. The van der Waals surface area contributed by atoms with Crippen LogP contribution in [0.5, 0.6) is 0 Å². The highest BCUT2D eigenvalue weighted by molar-refractivity contribution is 9.10. The molecule has 0 bridgehead atoms.